The normalized spacial score (nSPS) is 26.7. The molecule has 28 heavy (non-hydrogen) atoms. The second-order valence-corrected chi connectivity index (χ2v) is 13.7. The van der Waals surface area contributed by atoms with E-state index in [1.54, 1.807) is 0 Å². The third-order valence-corrected chi connectivity index (χ3v) is 9.82. The molecule has 2 aromatic rings. The number of benzene rings is 1. The molecular weight excluding hydrogens is 362 g/mol. The van der Waals surface area contributed by atoms with Crippen molar-refractivity contribution in [3.05, 3.63) is 71.9 Å². The molecule has 3 nitrogen and oxygen atoms in total. The molecule has 0 fully saturated rings. The van der Waals surface area contributed by atoms with Gasteiger partial charge < -0.3 is 0 Å². The van der Waals surface area contributed by atoms with Gasteiger partial charge in [0.05, 0.1) is 0 Å². The van der Waals surface area contributed by atoms with Crippen LogP contribution in [0.2, 0.25) is 19.1 Å². The summed E-state index contributed by atoms with van der Waals surface area (Å²) in [6.07, 6.45) is 7.15. The van der Waals surface area contributed by atoms with Gasteiger partial charge in [0, 0.05) is 34.5 Å². The Morgan fingerprint density at radius 1 is 0.893 bits per heavy atom. The molecule has 0 bridgehead atoms. The molecule has 4 atom stereocenters. The highest BCUT2D eigenvalue weighted by Gasteiger charge is 2.48. The van der Waals surface area contributed by atoms with Crippen molar-refractivity contribution in [2.45, 2.75) is 32.5 Å². The predicted molar refractivity (Wildman–Crippen MR) is 115 cm³/mol. The average molecular weight is 390 g/mol. The highest BCUT2D eigenvalue weighted by molar-refractivity contribution is 6.89. The zero-order valence-electron chi connectivity index (χ0n) is 16.8. The van der Waals surface area contributed by atoms with Crippen LogP contribution < -0.4 is 5.32 Å². The molecule has 0 N–H and O–H groups in total. The van der Waals surface area contributed by atoms with Gasteiger partial charge in [-0.2, -0.15) is 0 Å². The molecule has 0 spiro atoms. The molecule has 1 heterocycles. The van der Waals surface area contributed by atoms with Crippen molar-refractivity contribution < 1.29 is 9.59 Å². The van der Waals surface area contributed by atoms with Crippen LogP contribution in [0.25, 0.3) is 0 Å². The summed E-state index contributed by atoms with van der Waals surface area (Å²) < 4.78 is 0. The smallest absolute Gasteiger partial charge is 0.168 e. The summed E-state index contributed by atoms with van der Waals surface area (Å²) in [4.78, 5) is 31.1. The molecule has 4 heteroatoms. The van der Waals surface area contributed by atoms with Crippen LogP contribution in [0.15, 0.2) is 60.8 Å². The van der Waals surface area contributed by atoms with E-state index in [1.165, 1.54) is 5.32 Å². The van der Waals surface area contributed by atoms with E-state index in [4.69, 9.17) is 0 Å². The van der Waals surface area contributed by atoms with Gasteiger partial charge in [-0.3, -0.25) is 14.6 Å². The first-order valence-corrected chi connectivity index (χ1v) is 13.4. The van der Waals surface area contributed by atoms with E-state index in [-0.39, 0.29) is 35.2 Å². The third-order valence-electron chi connectivity index (χ3n) is 6.60. The summed E-state index contributed by atoms with van der Waals surface area (Å²) in [5.74, 6) is 0.0727. The summed E-state index contributed by atoms with van der Waals surface area (Å²) in [6.45, 7) is 6.74. The van der Waals surface area contributed by atoms with Crippen LogP contribution in [-0.2, 0) is 0 Å². The number of allylic oxidation sites excluding steroid dienone is 2. The van der Waals surface area contributed by atoms with Crippen molar-refractivity contribution >= 4 is 25.0 Å². The van der Waals surface area contributed by atoms with Crippen LogP contribution in [-0.4, -0.2) is 24.6 Å². The Balaban J connectivity index is 1.62. The molecule has 0 saturated heterocycles. The highest BCUT2D eigenvalue weighted by atomic mass is 28.3. The predicted octanol–water partition coefficient (Wildman–Crippen LogP) is 4.52. The van der Waals surface area contributed by atoms with Crippen LogP contribution in [0.5, 0.6) is 0 Å². The van der Waals surface area contributed by atoms with Gasteiger partial charge >= 0.3 is 0 Å². The molecule has 4 rings (SSSR count). The van der Waals surface area contributed by atoms with Gasteiger partial charge in [0.2, 0.25) is 0 Å². The number of pyridine rings is 1. The number of Topliss-reactive ketones (excluding diaryl/α,β-unsaturated/α-hetero) is 2. The Labute approximate surface area is 167 Å². The summed E-state index contributed by atoms with van der Waals surface area (Å²) in [5.41, 5.74) is 1.22. The van der Waals surface area contributed by atoms with Crippen LogP contribution in [0.3, 0.4) is 0 Å². The van der Waals surface area contributed by atoms with E-state index >= 15 is 0 Å². The topological polar surface area (TPSA) is 47.0 Å². The molecule has 1 aromatic carbocycles. The van der Waals surface area contributed by atoms with Crippen molar-refractivity contribution in [2.75, 3.05) is 0 Å². The molecule has 0 amide bonds. The second-order valence-electron chi connectivity index (χ2n) is 8.87. The lowest BCUT2D eigenvalue weighted by atomic mass is 9.61. The summed E-state index contributed by atoms with van der Waals surface area (Å²) >= 11 is 0. The Morgan fingerprint density at radius 3 is 2.18 bits per heavy atom. The fourth-order valence-electron chi connectivity index (χ4n) is 4.88. The van der Waals surface area contributed by atoms with Crippen LogP contribution in [0, 0.1) is 23.7 Å². The van der Waals surface area contributed by atoms with E-state index in [2.05, 4.69) is 49.3 Å². The quantitative estimate of drug-likeness (QED) is 0.570. The van der Waals surface area contributed by atoms with Crippen molar-refractivity contribution in [1.82, 2.24) is 4.98 Å². The maximum absolute atomic E-state index is 13.4. The number of carbonyl (C=O) groups excluding carboxylic acids is 2. The number of nitrogens with zero attached hydrogens (tertiary/aromatic N) is 1. The SMILES string of the molecule is C[C@H]1C=C[C@@H](CC[Si](C)(C)c2ccccn2)[C@H]2C(=O)c3ccccc3C(=O)[C@H]21. The molecule has 144 valence electrons. The lowest BCUT2D eigenvalue weighted by Gasteiger charge is -2.40. The van der Waals surface area contributed by atoms with Crippen molar-refractivity contribution in [3.8, 4) is 0 Å². The minimum atomic E-state index is -1.69. The second kappa shape index (κ2) is 7.25. The number of carbonyl (C=O) groups is 2. The van der Waals surface area contributed by atoms with Gasteiger partial charge in [-0.1, -0.05) is 68.5 Å². The average Bonchev–Trinajstić information content (AvgIpc) is 2.71. The van der Waals surface area contributed by atoms with E-state index in [0.29, 0.717) is 11.1 Å². The van der Waals surface area contributed by atoms with Crippen LogP contribution in [0.1, 0.15) is 34.1 Å². The van der Waals surface area contributed by atoms with Crippen LogP contribution in [0.4, 0.5) is 0 Å². The molecule has 2 aliphatic rings. The third kappa shape index (κ3) is 3.20. The van der Waals surface area contributed by atoms with Gasteiger partial charge in [-0.25, -0.2) is 0 Å². The molecule has 2 aliphatic carbocycles. The molecule has 1 aromatic heterocycles. The summed E-state index contributed by atoms with van der Waals surface area (Å²) in [5, 5.41) is 1.20. The fourth-order valence-corrected chi connectivity index (χ4v) is 7.16. The summed E-state index contributed by atoms with van der Waals surface area (Å²) in [7, 11) is -1.69. The maximum Gasteiger partial charge on any atom is 0.168 e. The highest BCUT2D eigenvalue weighted by Crippen LogP contribution is 2.44. The van der Waals surface area contributed by atoms with E-state index in [9.17, 15) is 9.59 Å². The number of hydrogen-bond donors (Lipinski definition) is 0. The Morgan fingerprint density at radius 2 is 1.54 bits per heavy atom. The monoisotopic (exact) mass is 389 g/mol. The molecule has 0 aliphatic heterocycles. The lowest BCUT2D eigenvalue weighted by molar-refractivity contribution is 0.0626. The zero-order chi connectivity index (χ0) is 19.9. The number of hydrogen-bond acceptors (Lipinski definition) is 3. The Hall–Kier alpha value is -2.33. The maximum atomic E-state index is 13.4. The Kier molecular flexibility index (Phi) is 4.92. The first-order valence-electron chi connectivity index (χ1n) is 10.2. The van der Waals surface area contributed by atoms with Crippen molar-refractivity contribution in [3.63, 3.8) is 0 Å². The van der Waals surface area contributed by atoms with E-state index in [1.807, 2.05) is 36.5 Å². The first kappa shape index (κ1) is 19.0. The molecule has 0 unspecified atom stereocenters. The molecule has 0 saturated carbocycles. The fraction of sp³-hybridized carbons (Fsp3) is 0.375. The minimum Gasteiger partial charge on any atom is -0.294 e. The van der Waals surface area contributed by atoms with E-state index in [0.717, 1.165) is 12.5 Å². The van der Waals surface area contributed by atoms with Crippen molar-refractivity contribution in [1.29, 1.82) is 0 Å². The Bertz CT molecular complexity index is 935. The number of aromatic nitrogens is 1. The number of fused-ring (bicyclic) bond motifs is 2. The van der Waals surface area contributed by atoms with E-state index < -0.39 is 8.07 Å². The van der Waals surface area contributed by atoms with Gasteiger partial charge in [0.15, 0.2) is 11.6 Å². The van der Waals surface area contributed by atoms with Crippen molar-refractivity contribution in [2.24, 2.45) is 23.7 Å². The zero-order valence-corrected chi connectivity index (χ0v) is 17.8. The first-order chi connectivity index (χ1) is 13.4. The number of rotatable bonds is 4. The van der Waals surface area contributed by atoms with Gasteiger partial charge in [0.25, 0.3) is 0 Å². The molecular formula is C24H27NO2Si. The van der Waals surface area contributed by atoms with Crippen LogP contribution >= 0.6 is 0 Å². The standard InChI is InChI=1S/C24H27NO2Si/c1-16-11-12-17(13-15-28(2,3)20-10-6-7-14-25-20)22-21(16)23(26)18-8-4-5-9-19(18)24(22)27/h4-12,14,16-17,21-22H,13,15H2,1-3H3/t16-,17-,21-,22+/m0/s1. The van der Waals surface area contributed by atoms with Gasteiger partial charge in [-0.05, 0) is 30.4 Å². The lowest BCUT2D eigenvalue weighted by Crippen LogP contribution is -2.47. The van der Waals surface area contributed by atoms with Gasteiger partial charge in [0.1, 0.15) is 8.07 Å². The van der Waals surface area contributed by atoms with Gasteiger partial charge in [-0.15, -0.1) is 0 Å². The minimum absolute atomic E-state index is 0.104. The number of ketones is 2. The largest absolute Gasteiger partial charge is 0.294 e. The molecule has 0 radical (unpaired) electrons. The summed E-state index contributed by atoms with van der Waals surface area (Å²) in [6, 6.07) is 14.5.